The van der Waals surface area contributed by atoms with E-state index in [0.29, 0.717) is 6.10 Å². The summed E-state index contributed by atoms with van der Waals surface area (Å²) in [5.41, 5.74) is 0.0811. The fourth-order valence-corrected chi connectivity index (χ4v) is 4.26. The van der Waals surface area contributed by atoms with Gasteiger partial charge in [0.25, 0.3) is 0 Å². The van der Waals surface area contributed by atoms with Gasteiger partial charge in [-0.1, -0.05) is 13.8 Å². The average molecular weight is 287 g/mol. The summed E-state index contributed by atoms with van der Waals surface area (Å²) in [6.45, 7) is 10.8. The van der Waals surface area contributed by atoms with Crippen molar-refractivity contribution >= 4 is 11.8 Å². The molecule has 0 aromatic heterocycles. The van der Waals surface area contributed by atoms with Crippen LogP contribution in [0.3, 0.4) is 0 Å². The van der Waals surface area contributed by atoms with Crippen LogP contribution in [-0.2, 0) is 4.74 Å². The normalized spacial score (nSPS) is 30.8. The summed E-state index contributed by atoms with van der Waals surface area (Å²) in [7, 11) is 0. The first kappa shape index (κ1) is 15.6. The lowest BCUT2D eigenvalue weighted by Crippen LogP contribution is -2.62. The highest BCUT2D eigenvalue weighted by molar-refractivity contribution is 7.99. The fraction of sp³-hybridized carbons (Fsp3) is 1.00. The number of nitrogens with zero attached hydrogens (tertiary/aromatic N) is 1. The van der Waals surface area contributed by atoms with Crippen LogP contribution >= 0.6 is 11.8 Å². The Morgan fingerprint density at radius 2 is 2.05 bits per heavy atom. The van der Waals surface area contributed by atoms with Crippen molar-refractivity contribution in [2.75, 3.05) is 32.0 Å². The van der Waals surface area contributed by atoms with Crippen LogP contribution in [0.1, 0.15) is 40.0 Å². The van der Waals surface area contributed by atoms with E-state index in [1.54, 1.807) is 0 Å². The molecule has 0 radical (unpaired) electrons. The lowest BCUT2D eigenvalue weighted by Gasteiger charge is -2.56. The van der Waals surface area contributed by atoms with Gasteiger partial charge in [0.2, 0.25) is 0 Å². The fourth-order valence-electron chi connectivity index (χ4n) is 3.43. The Balaban J connectivity index is 1.75. The van der Waals surface area contributed by atoms with Crippen LogP contribution in [0.25, 0.3) is 0 Å². The molecule has 1 saturated carbocycles. The van der Waals surface area contributed by atoms with Crippen molar-refractivity contribution in [1.82, 2.24) is 4.90 Å². The van der Waals surface area contributed by atoms with Gasteiger partial charge in [0.1, 0.15) is 0 Å². The summed E-state index contributed by atoms with van der Waals surface area (Å²) in [6.07, 6.45) is 3.23. The number of likely N-dealkylation sites (tertiary alicyclic amines) is 1. The highest BCUT2D eigenvalue weighted by Crippen LogP contribution is 2.50. The first-order valence-corrected chi connectivity index (χ1v) is 8.77. The van der Waals surface area contributed by atoms with E-state index in [9.17, 15) is 5.11 Å². The predicted molar refractivity (Wildman–Crippen MR) is 81.7 cm³/mol. The van der Waals surface area contributed by atoms with Crippen LogP contribution in [0.15, 0.2) is 0 Å². The molecular formula is C15H29NO2S. The zero-order valence-electron chi connectivity index (χ0n) is 12.6. The Bertz CT molecular complexity index is 275. The molecule has 1 N–H and O–H groups in total. The van der Waals surface area contributed by atoms with Gasteiger partial charge in [-0.3, -0.25) is 0 Å². The molecule has 1 spiro atoms. The Kier molecular flexibility index (Phi) is 5.58. The summed E-state index contributed by atoms with van der Waals surface area (Å²) in [5, 5.41) is 10.9. The summed E-state index contributed by atoms with van der Waals surface area (Å²) in [4.78, 5) is 2.55. The first-order chi connectivity index (χ1) is 9.08. The van der Waals surface area contributed by atoms with Gasteiger partial charge in [0.05, 0.1) is 12.2 Å². The third-order valence-corrected chi connectivity index (χ3v) is 5.84. The molecule has 19 heavy (non-hydrogen) atoms. The van der Waals surface area contributed by atoms with Crippen LogP contribution in [0.5, 0.6) is 0 Å². The smallest absolute Gasteiger partial charge is 0.0681 e. The van der Waals surface area contributed by atoms with Gasteiger partial charge in [0, 0.05) is 30.7 Å². The van der Waals surface area contributed by atoms with Crippen LogP contribution in [0, 0.1) is 5.41 Å². The quantitative estimate of drug-likeness (QED) is 0.813. The maximum atomic E-state index is 10.2. The highest BCUT2D eigenvalue weighted by atomic mass is 32.2. The number of hydrogen-bond donors (Lipinski definition) is 1. The number of hydrogen-bond acceptors (Lipinski definition) is 4. The molecular weight excluding hydrogens is 258 g/mol. The SMILES string of the molecule is CCO[C@H]1C[C@H](O)C12CCN(CCSC(C)C)CC2. The van der Waals surface area contributed by atoms with E-state index < -0.39 is 0 Å². The molecule has 2 aliphatic rings. The minimum Gasteiger partial charge on any atom is -0.392 e. The molecule has 1 aliphatic carbocycles. The zero-order chi connectivity index (χ0) is 13.9. The van der Waals surface area contributed by atoms with Gasteiger partial charge in [-0.05, 0) is 38.1 Å². The summed E-state index contributed by atoms with van der Waals surface area (Å²) >= 11 is 2.04. The largest absolute Gasteiger partial charge is 0.392 e. The number of ether oxygens (including phenoxy) is 1. The molecule has 0 unspecified atom stereocenters. The third-order valence-electron chi connectivity index (χ3n) is 4.76. The molecule has 3 nitrogen and oxygen atoms in total. The molecule has 0 aromatic carbocycles. The van der Waals surface area contributed by atoms with Crippen molar-refractivity contribution in [3.05, 3.63) is 0 Å². The molecule has 1 saturated heterocycles. The molecule has 0 bridgehead atoms. The second-order valence-electron chi connectivity index (χ2n) is 6.19. The van der Waals surface area contributed by atoms with Gasteiger partial charge < -0.3 is 14.7 Å². The Morgan fingerprint density at radius 3 is 2.58 bits per heavy atom. The van der Waals surface area contributed by atoms with E-state index >= 15 is 0 Å². The lowest BCUT2D eigenvalue weighted by atomic mass is 9.58. The van der Waals surface area contributed by atoms with Gasteiger partial charge >= 0.3 is 0 Å². The van der Waals surface area contributed by atoms with Crippen molar-refractivity contribution in [2.24, 2.45) is 5.41 Å². The van der Waals surface area contributed by atoms with Crippen molar-refractivity contribution in [3.8, 4) is 0 Å². The van der Waals surface area contributed by atoms with Gasteiger partial charge in [-0.25, -0.2) is 0 Å². The number of aliphatic hydroxyl groups excluding tert-OH is 1. The second-order valence-corrected chi connectivity index (χ2v) is 7.87. The van der Waals surface area contributed by atoms with Crippen LogP contribution in [-0.4, -0.2) is 59.5 Å². The molecule has 0 amide bonds. The maximum Gasteiger partial charge on any atom is 0.0681 e. The van der Waals surface area contributed by atoms with E-state index in [4.69, 9.17) is 4.74 Å². The third kappa shape index (κ3) is 3.46. The highest BCUT2D eigenvalue weighted by Gasteiger charge is 2.55. The monoisotopic (exact) mass is 287 g/mol. The molecule has 1 aliphatic heterocycles. The van der Waals surface area contributed by atoms with E-state index in [2.05, 4.69) is 25.7 Å². The Hall–Kier alpha value is 0.230. The van der Waals surface area contributed by atoms with Crippen molar-refractivity contribution in [2.45, 2.75) is 57.5 Å². The van der Waals surface area contributed by atoms with Crippen LogP contribution in [0.4, 0.5) is 0 Å². The maximum absolute atomic E-state index is 10.2. The van der Waals surface area contributed by atoms with Gasteiger partial charge in [-0.15, -0.1) is 0 Å². The van der Waals surface area contributed by atoms with E-state index in [1.807, 2.05) is 11.8 Å². The minimum absolute atomic E-state index is 0.0811. The van der Waals surface area contributed by atoms with Gasteiger partial charge in [-0.2, -0.15) is 11.8 Å². The molecule has 2 atom stereocenters. The topological polar surface area (TPSA) is 32.7 Å². The predicted octanol–water partition coefficient (Wildman–Crippen LogP) is 2.38. The number of rotatable bonds is 6. The molecule has 4 heteroatoms. The molecule has 112 valence electrons. The lowest BCUT2D eigenvalue weighted by molar-refractivity contribution is -0.209. The van der Waals surface area contributed by atoms with Crippen LogP contribution < -0.4 is 0 Å². The first-order valence-electron chi connectivity index (χ1n) is 7.72. The number of thioether (sulfide) groups is 1. The summed E-state index contributed by atoms with van der Waals surface area (Å²) < 4.78 is 5.81. The van der Waals surface area contributed by atoms with E-state index in [1.165, 1.54) is 12.3 Å². The molecule has 2 fully saturated rings. The Labute approximate surface area is 122 Å². The molecule has 0 aromatic rings. The molecule has 1 heterocycles. The Morgan fingerprint density at radius 1 is 1.37 bits per heavy atom. The number of aliphatic hydroxyl groups is 1. The van der Waals surface area contributed by atoms with Gasteiger partial charge in [0.15, 0.2) is 0 Å². The van der Waals surface area contributed by atoms with Crippen LogP contribution in [0.2, 0.25) is 0 Å². The van der Waals surface area contributed by atoms with Crippen molar-refractivity contribution in [3.63, 3.8) is 0 Å². The summed E-state index contributed by atoms with van der Waals surface area (Å²) in [5.74, 6) is 1.22. The number of piperidine rings is 1. The van der Waals surface area contributed by atoms with E-state index in [-0.39, 0.29) is 11.5 Å². The van der Waals surface area contributed by atoms with E-state index in [0.717, 1.165) is 44.2 Å². The zero-order valence-corrected chi connectivity index (χ0v) is 13.4. The molecule has 2 rings (SSSR count). The second kappa shape index (κ2) is 6.79. The van der Waals surface area contributed by atoms with Crippen molar-refractivity contribution < 1.29 is 9.84 Å². The van der Waals surface area contributed by atoms with Crippen molar-refractivity contribution in [1.29, 1.82) is 0 Å². The average Bonchev–Trinajstić information content (AvgIpc) is 2.39. The summed E-state index contributed by atoms with van der Waals surface area (Å²) in [6, 6.07) is 0. The minimum atomic E-state index is -0.128. The standard InChI is InChI=1S/C15H29NO2S/c1-4-18-14-11-13(17)15(14)5-7-16(8-6-15)9-10-19-12(2)3/h12-14,17H,4-11H2,1-3H3/t13-,14-/m0/s1.